The number of carbonyl (C=O) groups excluding carboxylic acids is 1. The number of nitrogens with one attached hydrogen (secondary N) is 1. The number of rotatable bonds is 7. The molecular formula is C21H31Cl2N3O2. The van der Waals surface area contributed by atoms with E-state index < -0.39 is 5.54 Å². The van der Waals surface area contributed by atoms with Crippen molar-refractivity contribution >= 4 is 30.7 Å². The summed E-state index contributed by atoms with van der Waals surface area (Å²) in [6.07, 6.45) is 3.52. The van der Waals surface area contributed by atoms with E-state index in [4.69, 9.17) is 10.5 Å². The van der Waals surface area contributed by atoms with Crippen LogP contribution in [0, 0.1) is 19.8 Å². The van der Waals surface area contributed by atoms with Gasteiger partial charge in [-0.05, 0) is 56.0 Å². The predicted molar refractivity (Wildman–Crippen MR) is 119 cm³/mol. The zero-order valence-corrected chi connectivity index (χ0v) is 18.7. The van der Waals surface area contributed by atoms with Crippen molar-refractivity contribution < 1.29 is 9.53 Å². The molecule has 2 rings (SSSR count). The van der Waals surface area contributed by atoms with Crippen LogP contribution in [-0.2, 0) is 6.61 Å². The SMILES string of the molecule is Cc1cc(C(=O)NC(C)(CN)C(C)C)cc(C)c1OCc1cccnc1.Cl.Cl. The van der Waals surface area contributed by atoms with Crippen molar-refractivity contribution in [1.82, 2.24) is 10.3 Å². The molecule has 0 bridgehead atoms. The van der Waals surface area contributed by atoms with Crippen molar-refractivity contribution in [2.45, 2.75) is 46.8 Å². The Balaban J connectivity index is 0.00000364. The Hall–Kier alpha value is -1.82. The number of nitrogens with zero attached hydrogens (tertiary/aromatic N) is 1. The minimum atomic E-state index is -0.436. The molecule has 3 N–H and O–H groups in total. The van der Waals surface area contributed by atoms with Crippen LogP contribution in [0.1, 0.15) is 47.8 Å². The fraction of sp³-hybridized carbons (Fsp3) is 0.429. The third-order valence-electron chi connectivity index (χ3n) is 4.93. The highest BCUT2D eigenvalue weighted by molar-refractivity contribution is 5.95. The second kappa shape index (κ2) is 11.2. The van der Waals surface area contributed by atoms with Crippen LogP contribution < -0.4 is 15.8 Å². The molecule has 0 aliphatic carbocycles. The summed E-state index contributed by atoms with van der Waals surface area (Å²) in [6, 6.07) is 7.57. The van der Waals surface area contributed by atoms with Crippen molar-refractivity contribution in [2.75, 3.05) is 6.54 Å². The summed E-state index contributed by atoms with van der Waals surface area (Å²) in [6.45, 7) is 10.8. The van der Waals surface area contributed by atoms with Gasteiger partial charge in [-0.2, -0.15) is 0 Å². The van der Waals surface area contributed by atoms with Gasteiger partial charge in [-0.3, -0.25) is 9.78 Å². The minimum absolute atomic E-state index is 0. The Labute approximate surface area is 180 Å². The largest absolute Gasteiger partial charge is 0.488 e. The summed E-state index contributed by atoms with van der Waals surface area (Å²) in [5.74, 6) is 0.924. The number of aryl methyl sites for hydroxylation is 2. The average Bonchev–Trinajstić information content (AvgIpc) is 2.61. The minimum Gasteiger partial charge on any atom is -0.488 e. The first-order chi connectivity index (χ1) is 12.3. The van der Waals surface area contributed by atoms with Crippen LogP contribution in [0.5, 0.6) is 5.75 Å². The number of amides is 1. The van der Waals surface area contributed by atoms with Gasteiger partial charge < -0.3 is 15.8 Å². The van der Waals surface area contributed by atoms with Crippen LogP contribution in [0.15, 0.2) is 36.7 Å². The first-order valence-corrected chi connectivity index (χ1v) is 8.92. The lowest BCUT2D eigenvalue weighted by Crippen LogP contribution is -2.55. The highest BCUT2D eigenvalue weighted by Crippen LogP contribution is 2.26. The van der Waals surface area contributed by atoms with Crippen molar-refractivity contribution in [2.24, 2.45) is 11.7 Å². The molecule has 156 valence electrons. The normalized spacial score (nSPS) is 12.4. The Morgan fingerprint density at radius 1 is 1.25 bits per heavy atom. The average molecular weight is 428 g/mol. The van der Waals surface area contributed by atoms with E-state index in [9.17, 15) is 4.79 Å². The van der Waals surface area contributed by atoms with Gasteiger partial charge in [0.25, 0.3) is 5.91 Å². The van der Waals surface area contributed by atoms with E-state index >= 15 is 0 Å². The third kappa shape index (κ3) is 6.36. The summed E-state index contributed by atoms with van der Waals surface area (Å²) < 4.78 is 5.96. The summed E-state index contributed by atoms with van der Waals surface area (Å²) >= 11 is 0. The highest BCUT2D eigenvalue weighted by atomic mass is 35.5. The van der Waals surface area contributed by atoms with E-state index in [0.717, 1.165) is 22.4 Å². The molecule has 5 nitrogen and oxygen atoms in total. The molecule has 0 aliphatic rings. The Morgan fingerprint density at radius 2 is 1.86 bits per heavy atom. The van der Waals surface area contributed by atoms with Gasteiger partial charge in [-0.15, -0.1) is 24.8 Å². The quantitative estimate of drug-likeness (QED) is 0.692. The molecule has 1 heterocycles. The second-order valence-electron chi connectivity index (χ2n) is 7.32. The van der Waals surface area contributed by atoms with E-state index in [-0.39, 0.29) is 36.6 Å². The number of hydrogen-bond acceptors (Lipinski definition) is 4. The lowest BCUT2D eigenvalue weighted by atomic mass is 9.88. The van der Waals surface area contributed by atoms with Gasteiger partial charge in [0.2, 0.25) is 0 Å². The Bertz CT molecular complexity index is 746. The number of halogens is 2. The lowest BCUT2D eigenvalue weighted by Gasteiger charge is -2.33. The van der Waals surface area contributed by atoms with Crippen molar-refractivity contribution in [3.05, 3.63) is 58.9 Å². The molecule has 1 atom stereocenters. The van der Waals surface area contributed by atoms with Crippen molar-refractivity contribution in [3.63, 3.8) is 0 Å². The van der Waals surface area contributed by atoms with Gasteiger partial charge in [0.15, 0.2) is 0 Å². The number of benzene rings is 1. The van der Waals surface area contributed by atoms with Crippen molar-refractivity contribution in [1.29, 1.82) is 0 Å². The Morgan fingerprint density at radius 3 is 2.32 bits per heavy atom. The summed E-state index contributed by atoms with van der Waals surface area (Å²) in [7, 11) is 0. The molecule has 1 unspecified atom stereocenters. The smallest absolute Gasteiger partial charge is 0.251 e. The topological polar surface area (TPSA) is 77.2 Å². The lowest BCUT2D eigenvalue weighted by molar-refractivity contribution is 0.0883. The molecule has 0 saturated carbocycles. The first kappa shape index (κ1) is 26.2. The third-order valence-corrected chi connectivity index (χ3v) is 4.93. The molecule has 0 saturated heterocycles. The number of ether oxygens (including phenoxy) is 1. The number of carbonyl (C=O) groups is 1. The van der Waals surface area contributed by atoms with Crippen LogP contribution in [0.4, 0.5) is 0 Å². The molecule has 2 aromatic rings. The highest BCUT2D eigenvalue weighted by Gasteiger charge is 2.29. The van der Waals surface area contributed by atoms with E-state index in [2.05, 4.69) is 24.1 Å². The molecule has 0 spiro atoms. The molecule has 28 heavy (non-hydrogen) atoms. The fourth-order valence-electron chi connectivity index (χ4n) is 2.71. The second-order valence-corrected chi connectivity index (χ2v) is 7.32. The van der Waals surface area contributed by atoms with E-state index in [1.54, 1.807) is 12.4 Å². The monoisotopic (exact) mass is 427 g/mol. The Kier molecular flexibility index (Phi) is 10.5. The van der Waals surface area contributed by atoms with Gasteiger partial charge in [-0.25, -0.2) is 0 Å². The summed E-state index contributed by atoms with van der Waals surface area (Å²) in [4.78, 5) is 16.8. The van der Waals surface area contributed by atoms with Crippen LogP contribution in [-0.4, -0.2) is 23.0 Å². The van der Waals surface area contributed by atoms with Gasteiger partial charge in [-0.1, -0.05) is 19.9 Å². The predicted octanol–water partition coefficient (Wildman–Crippen LogP) is 4.22. The fourth-order valence-corrected chi connectivity index (χ4v) is 2.71. The number of nitrogens with two attached hydrogens (primary N) is 1. The molecule has 0 aliphatic heterocycles. The van der Waals surface area contributed by atoms with Crippen LogP contribution in [0.3, 0.4) is 0 Å². The maximum Gasteiger partial charge on any atom is 0.251 e. The molecular weight excluding hydrogens is 397 g/mol. The van der Waals surface area contributed by atoms with Gasteiger partial charge in [0.1, 0.15) is 12.4 Å². The molecule has 1 amide bonds. The maximum atomic E-state index is 12.7. The molecule has 0 fully saturated rings. The van der Waals surface area contributed by atoms with E-state index in [1.165, 1.54) is 0 Å². The van der Waals surface area contributed by atoms with Crippen LogP contribution in [0.2, 0.25) is 0 Å². The van der Waals surface area contributed by atoms with E-state index in [1.807, 2.05) is 45.0 Å². The molecule has 1 aromatic heterocycles. The maximum absolute atomic E-state index is 12.7. The zero-order valence-electron chi connectivity index (χ0n) is 17.1. The standard InChI is InChI=1S/C21H29N3O2.2ClH/c1-14(2)21(5,13-22)24-20(25)18-9-15(3)19(16(4)10-18)26-12-17-7-6-8-23-11-17;;/h6-11,14H,12-13,22H2,1-5H3,(H,24,25);2*1H. The number of pyridine rings is 1. The molecule has 7 heteroatoms. The van der Waals surface area contributed by atoms with Crippen LogP contribution >= 0.6 is 24.8 Å². The number of hydrogen-bond donors (Lipinski definition) is 2. The summed E-state index contributed by atoms with van der Waals surface area (Å²) in [5, 5.41) is 3.08. The number of aromatic nitrogens is 1. The summed E-state index contributed by atoms with van der Waals surface area (Å²) in [5.41, 5.74) is 8.92. The molecule has 1 aromatic carbocycles. The van der Waals surface area contributed by atoms with Gasteiger partial charge >= 0.3 is 0 Å². The van der Waals surface area contributed by atoms with Crippen molar-refractivity contribution in [3.8, 4) is 5.75 Å². The molecule has 0 radical (unpaired) electrons. The first-order valence-electron chi connectivity index (χ1n) is 8.92. The van der Waals surface area contributed by atoms with E-state index in [0.29, 0.717) is 18.7 Å². The van der Waals surface area contributed by atoms with Gasteiger partial charge in [0.05, 0.1) is 5.54 Å². The van der Waals surface area contributed by atoms with Gasteiger partial charge in [0, 0.05) is 30.1 Å². The van der Waals surface area contributed by atoms with Crippen LogP contribution in [0.25, 0.3) is 0 Å². The zero-order chi connectivity index (χ0) is 19.3.